The minimum Gasteiger partial charge on any atom is -0.395 e. The van der Waals surface area contributed by atoms with Crippen LogP contribution < -0.4 is 15.5 Å². The SMILES string of the molecule is CC1CCN(c2nc(C(F)(F)F)ccc2CNC(=O)C(C)c2ccc(NCCO)nc2)CC1. The number of aliphatic hydroxyl groups is 1. The van der Waals surface area contributed by atoms with E-state index in [0.717, 1.165) is 18.9 Å². The number of rotatable bonds is 8. The Kier molecular flexibility index (Phi) is 8.12. The molecule has 0 radical (unpaired) electrons. The van der Waals surface area contributed by atoms with E-state index in [9.17, 15) is 18.0 Å². The number of anilines is 2. The lowest BCUT2D eigenvalue weighted by atomic mass is 9.99. The van der Waals surface area contributed by atoms with Crippen LogP contribution in [0.15, 0.2) is 30.5 Å². The molecule has 1 aliphatic heterocycles. The summed E-state index contributed by atoms with van der Waals surface area (Å²) in [5, 5.41) is 14.6. The van der Waals surface area contributed by atoms with E-state index >= 15 is 0 Å². The van der Waals surface area contributed by atoms with E-state index in [1.807, 2.05) is 4.90 Å². The van der Waals surface area contributed by atoms with Crippen LogP contribution in [0.3, 0.4) is 0 Å². The van der Waals surface area contributed by atoms with Crippen LogP contribution in [0.1, 0.15) is 49.4 Å². The van der Waals surface area contributed by atoms with Gasteiger partial charge in [0.15, 0.2) is 0 Å². The molecule has 10 heteroatoms. The van der Waals surface area contributed by atoms with Crippen molar-refractivity contribution >= 4 is 17.5 Å². The fraction of sp³-hybridized carbons (Fsp3) is 0.522. The third kappa shape index (κ3) is 6.56. The van der Waals surface area contributed by atoms with Gasteiger partial charge in [-0.25, -0.2) is 9.97 Å². The third-order valence-corrected chi connectivity index (χ3v) is 5.88. The predicted molar refractivity (Wildman–Crippen MR) is 120 cm³/mol. The third-order valence-electron chi connectivity index (χ3n) is 5.88. The van der Waals surface area contributed by atoms with E-state index < -0.39 is 17.8 Å². The molecule has 1 amide bonds. The number of hydrogen-bond acceptors (Lipinski definition) is 6. The first-order valence-corrected chi connectivity index (χ1v) is 11.1. The minimum absolute atomic E-state index is 0.0144. The lowest BCUT2D eigenvalue weighted by Gasteiger charge is -2.33. The van der Waals surface area contributed by atoms with Crippen LogP contribution in [0.5, 0.6) is 0 Å². The molecule has 0 aromatic carbocycles. The number of carbonyl (C=O) groups excluding carboxylic acids is 1. The van der Waals surface area contributed by atoms with E-state index in [4.69, 9.17) is 5.11 Å². The Morgan fingerprint density at radius 1 is 1.24 bits per heavy atom. The Balaban J connectivity index is 1.70. The van der Waals surface area contributed by atoms with E-state index in [0.29, 0.717) is 42.5 Å². The van der Waals surface area contributed by atoms with Gasteiger partial charge in [-0.05, 0) is 43.4 Å². The van der Waals surface area contributed by atoms with Crippen molar-refractivity contribution < 1.29 is 23.1 Å². The molecule has 0 saturated carbocycles. The molecule has 2 aromatic heterocycles. The average Bonchev–Trinajstić information content (AvgIpc) is 2.81. The van der Waals surface area contributed by atoms with Gasteiger partial charge in [0, 0.05) is 37.9 Å². The van der Waals surface area contributed by atoms with E-state index in [1.54, 1.807) is 25.3 Å². The van der Waals surface area contributed by atoms with Gasteiger partial charge in [0.2, 0.25) is 5.91 Å². The lowest BCUT2D eigenvalue weighted by Crippen LogP contribution is -2.35. The zero-order valence-corrected chi connectivity index (χ0v) is 18.8. The highest BCUT2D eigenvalue weighted by Gasteiger charge is 2.34. The summed E-state index contributed by atoms with van der Waals surface area (Å²) in [5.41, 5.74) is 0.332. The largest absolute Gasteiger partial charge is 0.433 e. The highest BCUT2D eigenvalue weighted by molar-refractivity contribution is 5.83. The Labute approximate surface area is 191 Å². The summed E-state index contributed by atoms with van der Waals surface area (Å²) < 4.78 is 39.8. The van der Waals surface area contributed by atoms with E-state index in [2.05, 4.69) is 27.5 Å². The molecular formula is C23H30F3N5O2. The molecule has 0 spiro atoms. The van der Waals surface area contributed by atoms with Crippen molar-refractivity contribution in [1.29, 1.82) is 0 Å². The predicted octanol–water partition coefficient (Wildman–Crippen LogP) is 3.56. The summed E-state index contributed by atoms with van der Waals surface area (Å²) in [4.78, 5) is 22.8. The molecular weight excluding hydrogens is 435 g/mol. The Morgan fingerprint density at radius 2 is 1.97 bits per heavy atom. The normalized spacial score (nSPS) is 15.9. The summed E-state index contributed by atoms with van der Waals surface area (Å²) >= 11 is 0. The standard InChI is InChI=1S/C23H30F3N5O2/c1-15-7-10-31(11-8-15)21-18(3-5-19(30-21)23(24,25)26)14-29-22(33)16(2)17-4-6-20(28-13-17)27-9-12-32/h3-6,13,15-16,32H,7-12,14H2,1-2H3,(H,27,28)(H,29,33). The number of carbonyl (C=O) groups is 1. The van der Waals surface area contributed by atoms with Crippen LogP contribution >= 0.6 is 0 Å². The molecule has 3 N–H and O–H groups in total. The Morgan fingerprint density at radius 3 is 2.58 bits per heavy atom. The molecule has 0 aliphatic carbocycles. The molecule has 3 heterocycles. The number of piperidine rings is 1. The van der Waals surface area contributed by atoms with Gasteiger partial charge >= 0.3 is 6.18 Å². The number of aromatic nitrogens is 2. The van der Waals surface area contributed by atoms with Gasteiger partial charge in [-0.1, -0.05) is 19.1 Å². The molecule has 33 heavy (non-hydrogen) atoms. The lowest BCUT2D eigenvalue weighted by molar-refractivity contribution is -0.141. The number of nitrogens with one attached hydrogen (secondary N) is 2. The number of hydrogen-bond donors (Lipinski definition) is 3. The first kappa shape index (κ1) is 24.8. The second-order valence-electron chi connectivity index (χ2n) is 8.41. The highest BCUT2D eigenvalue weighted by atomic mass is 19.4. The molecule has 7 nitrogen and oxygen atoms in total. The monoisotopic (exact) mass is 465 g/mol. The van der Waals surface area contributed by atoms with Crippen molar-refractivity contribution in [1.82, 2.24) is 15.3 Å². The maximum absolute atomic E-state index is 13.3. The van der Waals surface area contributed by atoms with Crippen molar-refractivity contribution in [3.8, 4) is 0 Å². The van der Waals surface area contributed by atoms with Gasteiger partial charge < -0.3 is 20.6 Å². The van der Waals surface area contributed by atoms with Crippen LogP contribution in [-0.4, -0.2) is 47.2 Å². The topological polar surface area (TPSA) is 90.4 Å². The Bertz CT molecular complexity index is 929. The van der Waals surface area contributed by atoms with Crippen molar-refractivity contribution in [3.63, 3.8) is 0 Å². The highest BCUT2D eigenvalue weighted by Crippen LogP contribution is 2.32. The zero-order chi connectivity index (χ0) is 24.0. The second-order valence-corrected chi connectivity index (χ2v) is 8.41. The number of nitrogens with zero attached hydrogens (tertiary/aromatic N) is 3. The number of aliphatic hydroxyl groups excluding tert-OH is 1. The smallest absolute Gasteiger partial charge is 0.395 e. The summed E-state index contributed by atoms with van der Waals surface area (Å²) in [7, 11) is 0. The number of pyridine rings is 2. The fourth-order valence-electron chi connectivity index (χ4n) is 3.70. The molecule has 1 unspecified atom stereocenters. The molecule has 3 rings (SSSR count). The molecule has 1 saturated heterocycles. The minimum atomic E-state index is -4.53. The Hall–Kier alpha value is -2.88. The van der Waals surface area contributed by atoms with Crippen LogP contribution in [0, 0.1) is 5.92 Å². The summed E-state index contributed by atoms with van der Waals surface area (Å²) in [5.74, 6) is 0.648. The zero-order valence-electron chi connectivity index (χ0n) is 18.8. The molecule has 180 valence electrons. The first-order chi connectivity index (χ1) is 15.7. The van der Waals surface area contributed by atoms with Gasteiger partial charge in [0.1, 0.15) is 17.3 Å². The van der Waals surface area contributed by atoms with Gasteiger partial charge in [0.25, 0.3) is 0 Å². The number of alkyl halides is 3. The van der Waals surface area contributed by atoms with E-state index in [-0.39, 0.29) is 24.9 Å². The quantitative estimate of drug-likeness (QED) is 0.553. The van der Waals surface area contributed by atoms with Crippen LogP contribution in [0.4, 0.5) is 24.8 Å². The summed E-state index contributed by atoms with van der Waals surface area (Å²) in [6, 6.07) is 5.86. The van der Waals surface area contributed by atoms with Crippen molar-refractivity contribution in [2.75, 3.05) is 36.5 Å². The molecule has 1 fully saturated rings. The second kappa shape index (κ2) is 10.8. The fourth-order valence-corrected chi connectivity index (χ4v) is 3.70. The van der Waals surface area contributed by atoms with E-state index in [1.165, 1.54) is 6.07 Å². The first-order valence-electron chi connectivity index (χ1n) is 11.1. The van der Waals surface area contributed by atoms with Gasteiger partial charge in [-0.3, -0.25) is 4.79 Å². The average molecular weight is 466 g/mol. The van der Waals surface area contributed by atoms with Crippen molar-refractivity contribution in [2.45, 2.75) is 45.3 Å². The number of amides is 1. The van der Waals surface area contributed by atoms with Gasteiger partial charge in [-0.2, -0.15) is 13.2 Å². The maximum atomic E-state index is 13.3. The van der Waals surface area contributed by atoms with Crippen LogP contribution in [0.2, 0.25) is 0 Å². The van der Waals surface area contributed by atoms with Gasteiger partial charge in [-0.15, -0.1) is 0 Å². The molecule has 1 atom stereocenters. The molecule has 0 bridgehead atoms. The maximum Gasteiger partial charge on any atom is 0.433 e. The number of halogens is 3. The summed E-state index contributed by atoms with van der Waals surface area (Å²) in [6.45, 7) is 5.58. The van der Waals surface area contributed by atoms with Crippen molar-refractivity contribution in [2.24, 2.45) is 5.92 Å². The van der Waals surface area contributed by atoms with Crippen LogP contribution in [-0.2, 0) is 17.5 Å². The van der Waals surface area contributed by atoms with Crippen LogP contribution in [0.25, 0.3) is 0 Å². The molecule has 2 aromatic rings. The molecule has 1 aliphatic rings. The van der Waals surface area contributed by atoms with Gasteiger partial charge in [0.05, 0.1) is 12.5 Å². The van der Waals surface area contributed by atoms with Crippen molar-refractivity contribution in [3.05, 3.63) is 47.3 Å². The summed E-state index contributed by atoms with van der Waals surface area (Å²) in [6.07, 6.45) is -1.17.